The lowest BCUT2D eigenvalue weighted by atomic mass is 9.86. The maximum absolute atomic E-state index is 11.2. The summed E-state index contributed by atoms with van der Waals surface area (Å²) in [6, 6.07) is 21.9. The van der Waals surface area contributed by atoms with Crippen molar-refractivity contribution in [3.63, 3.8) is 0 Å². The maximum Gasteiger partial charge on any atom is 0.176 e. The lowest BCUT2D eigenvalue weighted by Crippen LogP contribution is -2.25. The Labute approximate surface area is 141 Å². The highest BCUT2D eigenvalue weighted by Crippen LogP contribution is 2.29. The van der Waals surface area contributed by atoms with Crippen LogP contribution >= 0.6 is 0 Å². The molecule has 0 unspecified atom stereocenters. The first-order valence-electron chi connectivity index (χ1n) is 7.64. The van der Waals surface area contributed by atoms with Crippen LogP contribution < -0.4 is 0 Å². The molecule has 1 heterocycles. The molecule has 0 saturated heterocycles. The predicted molar refractivity (Wildman–Crippen MR) is 92.9 cm³/mol. The number of hydrogen-bond acceptors (Lipinski definition) is 3. The topological polar surface area (TPSA) is 53.4 Å². The zero-order chi connectivity index (χ0) is 16.8. The van der Waals surface area contributed by atoms with Crippen molar-refractivity contribution >= 4 is 0 Å². The van der Waals surface area contributed by atoms with Gasteiger partial charge in [-0.1, -0.05) is 78.6 Å². The van der Waals surface area contributed by atoms with E-state index < -0.39 is 11.7 Å². The van der Waals surface area contributed by atoms with Crippen LogP contribution in [0.4, 0.5) is 0 Å². The van der Waals surface area contributed by atoms with E-state index in [1.165, 1.54) is 0 Å². The molecule has 0 bridgehead atoms. The Kier molecular flexibility index (Phi) is 4.72. The highest BCUT2D eigenvalue weighted by Gasteiger charge is 2.29. The quantitative estimate of drug-likeness (QED) is 0.730. The molecule has 24 heavy (non-hydrogen) atoms. The molecule has 0 fully saturated rings. The van der Waals surface area contributed by atoms with Crippen LogP contribution in [0, 0.1) is 11.8 Å². The van der Waals surface area contributed by atoms with Gasteiger partial charge in [0.1, 0.15) is 6.10 Å². The van der Waals surface area contributed by atoms with Gasteiger partial charge in [-0.05, 0) is 6.07 Å². The molecule has 118 valence electrons. The average molecular weight is 315 g/mol. The summed E-state index contributed by atoms with van der Waals surface area (Å²) in [5.41, 5.74) is 0.406. The molecular formula is C21H17NO2. The second-order valence-electron chi connectivity index (χ2n) is 5.40. The van der Waals surface area contributed by atoms with Gasteiger partial charge in [0.25, 0.3) is 0 Å². The smallest absolute Gasteiger partial charge is 0.176 e. The van der Waals surface area contributed by atoms with E-state index in [1.807, 2.05) is 60.7 Å². The van der Waals surface area contributed by atoms with Crippen LogP contribution in [0.3, 0.4) is 0 Å². The molecule has 1 aromatic heterocycles. The molecule has 3 aromatic rings. The molecule has 0 aliphatic carbocycles. The lowest BCUT2D eigenvalue weighted by molar-refractivity contribution is 0.144. The summed E-state index contributed by atoms with van der Waals surface area (Å²) >= 11 is 0. The molecule has 0 radical (unpaired) electrons. The number of aromatic nitrogens is 1. The molecule has 2 aromatic carbocycles. The van der Waals surface area contributed by atoms with E-state index in [9.17, 15) is 10.2 Å². The second kappa shape index (κ2) is 7.10. The van der Waals surface area contributed by atoms with Gasteiger partial charge in [-0.15, -0.1) is 0 Å². The largest absolute Gasteiger partial charge is 0.376 e. The summed E-state index contributed by atoms with van der Waals surface area (Å²) in [5, 5.41) is 21.5. The lowest BCUT2D eigenvalue weighted by Gasteiger charge is -2.23. The molecule has 3 heteroatoms. The zero-order valence-electron chi connectivity index (χ0n) is 13.0. The van der Waals surface area contributed by atoms with Crippen molar-refractivity contribution in [1.29, 1.82) is 0 Å². The minimum absolute atomic E-state index is 0.591. The van der Waals surface area contributed by atoms with Crippen LogP contribution in [-0.2, 0) is 5.60 Å². The van der Waals surface area contributed by atoms with Crippen molar-refractivity contribution in [2.24, 2.45) is 0 Å². The fourth-order valence-corrected chi connectivity index (χ4v) is 2.46. The molecule has 2 N–H and O–H groups in total. The Balaban J connectivity index is 2.03. The summed E-state index contributed by atoms with van der Waals surface area (Å²) < 4.78 is 0. The molecule has 0 aliphatic rings. The molecular weight excluding hydrogens is 298 g/mol. The monoisotopic (exact) mass is 315 g/mol. The number of aliphatic hydroxyl groups excluding tert-OH is 1. The van der Waals surface area contributed by atoms with Gasteiger partial charge in [-0.3, -0.25) is 4.98 Å². The van der Waals surface area contributed by atoms with Gasteiger partial charge in [0.15, 0.2) is 5.60 Å². The number of aliphatic hydroxyl groups is 2. The molecule has 0 saturated carbocycles. The van der Waals surface area contributed by atoms with Crippen molar-refractivity contribution in [2.45, 2.75) is 11.7 Å². The van der Waals surface area contributed by atoms with Crippen LogP contribution in [-0.4, -0.2) is 15.2 Å². The zero-order valence-corrected chi connectivity index (χ0v) is 13.0. The Bertz CT molecular complexity index is 797. The van der Waals surface area contributed by atoms with Crippen LogP contribution in [0.25, 0.3) is 0 Å². The minimum atomic E-state index is -1.49. The first-order valence-corrected chi connectivity index (χ1v) is 7.64. The SMILES string of the molecule is O[C@H](C#CC(O)(c1ccccc1)c1ccccc1)c1cccnc1. The second-order valence-corrected chi connectivity index (χ2v) is 5.40. The Hall–Kier alpha value is -2.93. The van der Waals surface area contributed by atoms with E-state index in [-0.39, 0.29) is 0 Å². The van der Waals surface area contributed by atoms with Crippen molar-refractivity contribution in [2.75, 3.05) is 0 Å². The maximum atomic E-state index is 11.2. The molecule has 3 nitrogen and oxygen atoms in total. The Morgan fingerprint density at radius 3 is 1.92 bits per heavy atom. The predicted octanol–water partition coefficient (Wildman–Crippen LogP) is 3.05. The number of benzene rings is 2. The first-order chi connectivity index (χ1) is 11.7. The van der Waals surface area contributed by atoms with Crippen LogP contribution in [0.5, 0.6) is 0 Å². The molecule has 0 spiro atoms. The van der Waals surface area contributed by atoms with Crippen molar-refractivity contribution in [3.8, 4) is 11.8 Å². The summed E-state index contributed by atoms with van der Waals surface area (Å²) in [6.07, 6.45) is 2.18. The van der Waals surface area contributed by atoms with E-state index in [4.69, 9.17) is 0 Å². The van der Waals surface area contributed by atoms with Gasteiger partial charge in [-0.25, -0.2) is 0 Å². The van der Waals surface area contributed by atoms with E-state index in [0.29, 0.717) is 16.7 Å². The normalized spacial score (nSPS) is 12.1. The van der Waals surface area contributed by atoms with Gasteiger partial charge in [0.2, 0.25) is 0 Å². The molecule has 0 amide bonds. The average Bonchev–Trinajstić information content (AvgIpc) is 2.68. The van der Waals surface area contributed by atoms with E-state index in [1.54, 1.807) is 24.5 Å². The van der Waals surface area contributed by atoms with Crippen molar-refractivity contribution in [1.82, 2.24) is 4.98 Å². The molecule has 3 rings (SSSR count). The number of rotatable bonds is 3. The number of nitrogens with zero attached hydrogens (tertiary/aromatic N) is 1. The van der Waals surface area contributed by atoms with Gasteiger partial charge in [0, 0.05) is 29.1 Å². The van der Waals surface area contributed by atoms with Crippen LogP contribution in [0.15, 0.2) is 85.2 Å². The third-order valence-electron chi connectivity index (χ3n) is 3.77. The van der Waals surface area contributed by atoms with E-state index in [0.717, 1.165) is 0 Å². The minimum Gasteiger partial charge on any atom is -0.376 e. The number of pyridine rings is 1. The third-order valence-corrected chi connectivity index (χ3v) is 3.77. The third kappa shape index (κ3) is 3.36. The van der Waals surface area contributed by atoms with Gasteiger partial charge < -0.3 is 10.2 Å². The summed E-state index contributed by atoms with van der Waals surface area (Å²) in [5.74, 6) is 5.61. The highest BCUT2D eigenvalue weighted by atomic mass is 16.3. The highest BCUT2D eigenvalue weighted by molar-refractivity contribution is 5.45. The van der Waals surface area contributed by atoms with Gasteiger partial charge in [0.05, 0.1) is 0 Å². The van der Waals surface area contributed by atoms with Crippen molar-refractivity contribution in [3.05, 3.63) is 102 Å². The summed E-state index contributed by atoms with van der Waals surface area (Å²) in [4.78, 5) is 3.98. The van der Waals surface area contributed by atoms with Gasteiger partial charge >= 0.3 is 0 Å². The van der Waals surface area contributed by atoms with E-state index >= 15 is 0 Å². The molecule has 0 aliphatic heterocycles. The van der Waals surface area contributed by atoms with Crippen LogP contribution in [0.1, 0.15) is 22.8 Å². The number of hydrogen-bond donors (Lipinski definition) is 2. The Morgan fingerprint density at radius 1 is 0.833 bits per heavy atom. The summed E-state index contributed by atoms with van der Waals surface area (Å²) in [6.45, 7) is 0. The van der Waals surface area contributed by atoms with Crippen LogP contribution in [0.2, 0.25) is 0 Å². The fraction of sp³-hybridized carbons (Fsp3) is 0.0952. The van der Waals surface area contributed by atoms with Gasteiger partial charge in [-0.2, -0.15) is 0 Å². The summed E-state index contributed by atoms with van der Waals surface area (Å²) in [7, 11) is 0. The van der Waals surface area contributed by atoms with Crippen molar-refractivity contribution < 1.29 is 10.2 Å². The molecule has 1 atom stereocenters. The Morgan fingerprint density at radius 2 is 1.42 bits per heavy atom. The fourth-order valence-electron chi connectivity index (χ4n) is 2.46. The standard InChI is InChI=1S/C21H17NO2/c23-20(17-8-7-15-22-16-17)13-14-21(24,18-9-3-1-4-10-18)19-11-5-2-6-12-19/h1-12,15-16,20,23-24H/t20-/m1/s1. The first kappa shape index (κ1) is 15.9. The van der Waals surface area contributed by atoms with E-state index in [2.05, 4.69) is 16.8 Å².